The largest absolute Gasteiger partial charge is 0.508 e. The van der Waals surface area contributed by atoms with Crippen molar-refractivity contribution in [3.8, 4) is 5.75 Å². The van der Waals surface area contributed by atoms with E-state index in [9.17, 15) is 35.1 Å². The summed E-state index contributed by atoms with van der Waals surface area (Å²) < 4.78 is 16.5. The summed E-state index contributed by atoms with van der Waals surface area (Å²) in [6.45, 7) is 8.20. The van der Waals surface area contributed by atoms with E-state index < -0.39 is 60.4 Å². The molecule has 0 saturated carbocycles. The Balaban J connectivity index is 1.61. The molecule has 10 nitrogen and oxygen atoms in total. The number of aromatic hydroxyl groups is 1. The Bertz CT molecular complexity index is 1150. The van der Waals surface area contributed by atoms with E-state index >= 15 is 0 Å². The normalized spacial score (nSPS) is 31.9. The van der Waals surface area contributed by atoms with Crippen LogP contribution in [-0.4, -0.2) is 86.3 Å². The summed E-state index contributed by atoms with van der Waals surface area (Å²) in [7, 11) is 0. The van der Waals surface area contributed by atoms with Gasteiger partial charge in [-0.2, -0.15) is 0 Å². The summed E-state index contributed by atoms with van der Waals surface area (Å²) in [5, 5.41) is 52.2. The zero-order valence-electron chi connectivity index (χ0n) is 22.8. The van der Waals surface area contributed by atoms with Gasteiger partial charge in [0.25, 0.3) is 0 Å². The maximum absolute atomic E-state index is 12.2. The number of aryl methyl sites for hydroxylation is 1. The lowest BCUT2D eigenvalue weighted by atomic mass is 9.64. The van der Waals surface area contributed by atoms with E-state index in [0.717, 1.165) is 6.08 Å². The highest BCUT2D eigenvalue weighted by molar-refractivity contribution is 5.92. The number of carbonyl (C=O) groups is 2. The fourth-order valence-electron chi connectivity index (χ4n) is 4.67. The molecule has 1 aliphatic heterocycles. The number of allylic oxidation sites excluding steroid dienone is 1. The number of ketones is 1. The van der Waals surface area contributed by atoms with Crippen LogP contribution < -0.4 is 0 Å². The van der Waals surface area contributed by atoms with E-state index in [1.165, 1.54) is 24.3 Å². The predicted molar refractivity (Wildman–Crippen MR) is 141 cm³/mol. The van der Waals surface area contributed by atoms with Gasteiger partial charge in [-0.3, -0.25) is 4.79 Å². The predicted octanol–water partition coefficient (Wildman–Crippen LogP) is 1.70. The van der Waals surface area contributed by atoms with Crippen LogP contribution in [0.3, 0.4) is 0 Å². The monoisotopic (exact) mass is 546 g/mol. The van der Waals surface area contributed by atoms with Gasteiger partial charge >= 0.3 is 5.97 Å². The minimum atomic E-state index is -1.63. The Kier molecular flexibility index (Phi) is 9.53. The number of phenols is 1. The van der Waals surface area contributed by atoms with E-state index in [1.807, 2.05) is 0 Å². The molecule has 0 amide bonds. The van der Waals surface area contributed by atoms with Crippen molar-refractivity contribution in [2.75, 3.05) is 6.61 Å². The van der Waals surface area contributed by atoms with Gasteiger partial charge in [0.2, 0.25) is 0 Å². The standard InChI is InChI=1S/C29H38O10/c1-16-6-7-19(13-21(16)31)8-9-23(32)37-15-22-24(33)25(34)26(35)27(39-22)38-18(3)10-11-29(36)17(2)12-20(30)14-28(29,4)5/h6-13,18,22,24-27,31,33-36H,14-15H2,1-5H3/b9-8+,11-10+/t18-,22?,24?,25?,26?,27?,29-/m1/s1. The second-order valence-electron chi connectivity index (χ2n) is 10.8. The molecule has 5 N–H and O–H groups in total. The Hall–Kier alpha value is -2.86. The molecule has 7 atom stereocenters. The van der Waals surface area contributed by atoms with Crippen LogP contribution in [0.4, 0.5) is 0 Å². The first-order chi connectivity index (χ1) is 18.1. The lowest BCUT2D eigenvalue weighted by Gasteiger charge is -2.44. The van der Waals surface area contributed by atoms with Crippen LogP contribution in [0.15, 0.2) is 48.1 Å². The number of hydrogen-bond acceptors (Lipinski definition) is 10. The number of rotatable bonds is 8. The van der Waals surface area contributed by atoms with Crippen molar-refractivity contribution >= 4 is 17.8 Å². The number of carbonyl (C=O) groups excluding carboxylic acids is 2. The highest BCUT2D eigenvalue weighted by Crippen LogP contribution is 2.44. The average Bonchev–Trinajstić information content (AvgIpc) is 2.86. The first kappa shape index (κ1) is 30.7. The van der Waals surface area contributed by atoms with Crippen LogP contribution in [0, 0.1) is 12.3 Å². The van der Waals surface area contributed by atoms with Crippen molar-refractivity contribution in [3.63, 3.8) is 0 Å². The second kappa shape index (κ2) is 12.1. The highest BCUT2D eigenvalue weighted by atomic mass is 16.7. The lowest BCUT2D eigenvalue weighted by molar-refractivity contribution is -0.306. The molecule has 39 heavy (non-hydrogen) atoms. The molecule has 0 radical (unpaired) electrons. The molecular weight excluding hydrogens is 508 g/mol. The third-order valence-electron chi connectivity index (χ3n) is 7.29. The zero-order chi connectivity index (χ0) is 29.1. The third-order valence-corrected chi connectivity index (χ3v) is 7.29. The minimum Gasteiger partial charge on any atom is -0.508 e. The molecule has 5 unspecified atom stereocenters. The molecule has 214 valence electrons. The van der Waals surface area contributed by atoms with Gasteiger partial charge in [-0.1, -0.05) is 32.1 Å². The summed E-state index contributed by atoms with van der Waals surface area (Å²) in [6, 6.07) is 4.91. The van der Waals surface area contributed by atoms with E-state index in [1.54, 1.807) is 52.8 Å². The van der Waals surface area contributed by atoms with E-state index in [4.69, 9.17) is 14.2 Å². The quantitative estimate of drug-likeness (QED) is 0.184. The molecule has 1 heterocycles. The van der Waals surface area contributed by atoms with Crippen LogP contribution >= 0.6 is 0 Å². The molecule has 1 aromatic carbocycles. The number of esters is 1. The van der Waals surface area contributed by atoms with Gasteiger partial charge in [-0.25, -0.2) is 4.79 Å². The van der Waals surface area contributed by atoms with E-state index in [0.29, 0.717) is 16.7 Å². The van der Waals surface area contributed by atoms with Gasteiger partial charge < -0.3 is 39.7 Å². The van der Waals surface area contributed by atoms with Gasteiger partial charge in [0.15, 0.2) is 12.1 Å². The number of hydrogen-bond donors (Lipinski definition) is 5. The van der Waals surface area contributed by atoms with Crippen LogP contribution in [0.5, 0.6) is 5.75 Å². The molecular formula is C29H38O10. The van der Waals surface area contributed by atoms with E-state index in [2.05, 4.69) is 0 Å². The Morgan fingerprint density at radius 3 is 2.51 bits per heavy atom. The molecule has 2 aliphatic rings. The smallest absolute Gasteiger partial charge is 0.330 e. The van der Waals surface area contributed by atoms with Gasteiger partial charge in [0.1, 0.15) is 42.4 Å². The van der Waals surface area contributed by atoms with Crippen LogP contribution in [-0.2, 0) is 23.8 Å². The molecule has 1 aromatic rings. The number of aliphatic hydroxyl groups is 4. The van der Waals surface area contributed by atoms with Gasteiger partial charge in [0, 0.05) is 17.9 Å². The number of ether oxygens (including phenoxy) is 3. The fourth-order valence-corrected chi connectivity index (χ4v) is 4.67. The van der Waals surface area contributed by atoms with Crippen LogP contribution in [0.1, 0.15) is 45.2 Å². The molecule has 0 spiro atoms. The van der Waals surface area contributed by atoms with Crippen molar-refractivity contribution in [1.29, 1.82) is 0 Å². The van der Waals surface area contributed by atoms with Crippen molar-refractivity contribution < 1.29 is 49.3 Å². The summed E-state index contributed by atoms with van der Waals surface area (Å²) in [5.74, 6) is -0.724. The summed E-state index contributed by atoms with van der Waals surface area (Å²) in [5.41, 5.74) is -0.394. The Morgan fingerprint density at radius 1 is 1.18 bits per heavy atom. The van der Waals surface area contributed by atoms with Crippen LogP contribution in [0.25, 0.3) is 6.08 Å². The van der Waals surface area contributed by atoms with Gasteiger partial charge in [0.05, 0.1) is 6.10 Å². The van der Waals surface area contributed by atoms with Crippen molar-refractivity contribution in [1.82, 2.24) is 0 Å². The van der Waals surface area contributed by atoms with Crippen LogP contribution in [0.2, 0.25) is 0 Å². The van der Waals surface area contributed by atoms with Gasteiger partial charge in [-0.05, 0) is 61.8 Å². The number of benzene rings is 1. The third kappa shape index (κ3) is 7.02. The average molecular weight is 547 g/mol. The number of aliphatic hydroxyl groups excluding tert-OH is 3. The topological polar surface area (TPSA) is 163 Å². The highest BCUT2D eigenvalue weighted by Gasteiger charge is 2.47. The lowest BCUT2D eigenvalue weighted by Crippen LogP contribution is -2.59. The minimum absolute atomic E-state index is 0.0668. The summed E-state index contributed by atoms with van der Waals surface area (Å²) in [6.07, 6.45) is -0.775. The fraction of sp³-hybridized carbons (Fsp3) is 0.517. The summed E-state index contributed by atoms with van der Waals surface area (Å²) >= 11 is 0. The molecule has 1 fully saturated rings. The Morgan fingerprint density at radius 2 is 1.87 bits per heavy atom. The Labute approximate surface area is 227 Å². The van der Waals surface area contributed by atoms with E-state index in [-0.39, 0.29) is 18.0 Å². The molecule has 10 heteroatoms. The zero-order valence-corrected chi connectivity index (χ0v) is 22.8. The first-order valence-electron chi connectivity index (χ1n) is 12.8. The molecule has 1 saturated heterocycles. The van der Waals surface area contributed by atoms with Crippen molar-refractivity contribution in [2.24, 2.45) is 5.41 Å². The maximum atomic E-state index is 12.2. The molecule has 1 aliphatic carbocycles. The summed E-state index contributed by atoms with van der Waals surface area (Å²) in [4.78, 5) is 24.1. The maximum Gasteiger partial charge on any atom is 0.330 e. The molecule has 0 aromatic heterocycles. The molecule has 3 rings (SSSR count). The second-order valence-corrected chi connectivity index (χ2v) is 10.8. The van der Waals surface area contributed by atoms with Gasteiger partial charge in [-0.15, -0.1) is 0 Å². The SMILES string of the molecule is CC1=CC(=O)CC(C)(C)[C@@]1(O)/C=C/[C@@H](C)OC1OC(COC(=O)/C=C/c2ccc(C)c(O)c2)C(O)C(O)C1O. The van der Waals surface area contributed by atoms with Crippen molar-refractivity contribution in [3.05, 3.63) is 59.2 Å². The first-order valence-corrected chi connectivity index (χ1v) is 12.8. The number of phenolic OH excluding ortho intramolecular Hbond substituents is 1. The molecule has 0 bridgehead atoms. The van der Waals surface area contributed by atoms with Crippen molar-refractivity contribution in [2.45, 2.75) is 83.5 Å².